The third-order valence-corrected chi connectivity index (χ3v) is 5.63. The van der Waals surface area contributed by atoms with Crippen LogP contribution < -0.4 is 5.32 Å². The monoisotopic (exact) mass is 359 g/mol. The van der Waals surface area contributed by atoms with Gasteiger partial charge in [-0.1, -0.05) is 12.1 Å². The molecule has 1 fully saturated rings. The van der Waals surface area contributed by atoms with Crippen molar-refractivity contribution in [1.29, 1.82) is 0 Å². The lowest BCUT2D eigenvalue weighted by Crippen LogP contribution is -2.54. The Balaban J connectivity index is 1.70. The molecular formula is C18H21N3O3S. The summed E-state index contributed by atoms with van der Waals surface area (Å²) in [5, 5.41) is 16.6. The summed E-state index contributed by atoms with van der Waals surface area (Å²) in [6, 6.07) is 9.24. The van der Waals surface area contributed by atoms with Crippen LogP contribution in [0.5, 0.6) is 0 Å². The molecule has 1 unspecified atom stereocenters. The maximum absolute atomic E-state index is 12.4. The molecular weight excluding hydrogens is 338 g/mol. The second-order valence-corrected chi connectivity index (χ2v) is 7.53. The molecule has 1 aromatic heterocycles. The first-order valence-corrected chi connectivity index (χ1v) is 9.29. The van der Waals surface area contributed by atoms with E-state index in [-0.39, 0.29) is 5.91 Å². The number of nitrogens with zero attached hydrogens (tertiary/aromatic N) is 2. The van der Waals surface area contributed by atoms with E-state index in [1.807, 2.05) is 36.7 Å². The first kappa shape index (κ1) is 17.5. The van der Waals surface area contributed by atoms with Crippen LogP contribution in [-0.2, 0) is 11.3 Å². The number of aromatic nitrogens is 2. The molecule has 1 amide bonds. The van der Waals surface area contributed by atoms with Crippen LogP contribution in [0.1, 0.15) is 33.7 Å². The Morgan fingerprint density at radius 3 is 2.56 bits per heavy atom. The van der Waals surface area contributed by atoms with E-state index < -0.39 is 11.5 Å². The van der Waals surface area contributed by atoms with Crippen LogP contribution in [0.4, 0.5) is 0 Å². The molecule has 7 heteroatoms. The Morgan fingerprint density at radius 1 is 1.32 bits per heavy atom. The topological polar surface area (TPSA) is 84.2 Å². The normalized spacial score (nSPS) is 19.8. The molecule has 1 aliphatic heterocycles. The lowest BCUT2D eigenvalue weighted by Gasteiger charge is -2.24. The SMILES string of the molecule is Cc1cc(C)n(Cc2ccc(C(=O)NC3(C(=O)O)CCSC3)cc2)n1. The van der Waals surface area contributed by atoms with Crippen molar-refractivity contribution in [3.63, 3.8) is 0 Å². The third kappa shape index (κ3) is 3.71. The van der Waals surface area contributed by atoms with Crippen LogP contribution in [0.2, 0.25) is 0 Å². The Morgan fingerprint density at radius 2 is 2.04 bits per heavy atom. The summed E-state index contributed by atoms with van der Waals surface area (Å²) < 4.78 is 1.92. The molecule has 0 aliphatic carbocycles. The highest BCUT2D eigenvalue weighted by Crippen LogP contribution is 2.28. The van der Waals surface area contributed by atoms with E-state index in [2.05, 4.69) is 10.4 Å². The van der Waals surface area contributed by atoms with Crippen LogP contribution >= 0.6 is 11.8 Å². The summed E-state index contributed by atoms with van der Waals surface area (Å²) in [6.45, 7) is 4.60. The Kier molecular flexibility index (Phi) is 4.85. The van der Waals surface area contributed by atoms with E-state index in [0.29, 0.717) is 24.3 Å². The molecule has 25 heavy (non-hydrogen) atoms. The third-order valence-electron chi connectivity index (χ3n) is 4.44. The molecule has 0 radical (unpaired) electrons. The number of carboxylic acid groups (broad SMARTS) is 1. The molecule has 132 valence electrons. The minimum Gasteiger partial charge on any atom is -0.479 e. The van der Waals surface area contributed by atoms with E-state index in [1.54, 1.807) is 23.9 Å². The lowest BCUT2D eigenvalue weighted by atomic mass is 9.98. The van der Waals surface area contributed by atoms with Gasteiger partial charge >= 0.3 is 5.97 Å². The van der Waals surface area contributed by atoms with Gasteiger partial charge in [-0.25, -0.2) is 4.79 Å². The van der Waals surface area contributed by atoms with Gasteiger partial charge in [-0.15, -0.1) is 0 Å². The van der Waals surface area contributed by atoms with Gasteiger partial charge in [0.05, 0.1) is 12.2 Å². The molecule has 1 aliphatic rings. The van der Waals surface area contributed by atoms with Gasteiger partial charge in [0.2, 0.25) is 0 Å². The highest BCUT2D eigenvalue weighted by Gasteiger charge is 2.43. The summed E-state index contributed by atoms with van der Waals surface area (Å²) in [4.78, 5) is 24.0. The minimum atomic E-state index is -1.15. The van der Waals surface area contributed by atoms with Crippen molar-refractivity contribution in [2.75, 3.05) is 11.5 Å². The fraction of sp³-hybridized carbons (Fsp3) is 0.389. The zero-order valence-electron chi connectivity index (χ0n) is 14.3. The number of aryl methyl sites for hydroxylation is 2. The van der Waals surface area contributed by atoms with Crippen LogP contribution in [0.3, 0.4) is 0 Å². The number of carbonyl (C=O) groups excluding carboxylic acids is 1. The van der Waals surface area contributed by atoms with Crippen molar-refractivity contribution in [3.05, 3.63) is 52.8 Å². The van der Waals surface area contributed by atoms with Gasteiger partial charge < -0.3 is 10.4 Å². The number of benzene rings is 1. The predicted molar refractivity (Wildman–Crippen MR) is 97.0 cm³/mol. The van der Waals surface area contributed by atoms with Crippen molar-refractivity contribution in [1.82, 2.24) is 15.1 Å². The molecule has 1 saturated heterocycles. The molecule has 3 rings (SSSR count). The molecule has 6 nitrogen and oxygen atoms in total. The Labute approximate surface area is 150 Å². The van der Waals surface area contributed by atoms with E-state index in [0.717, 1.165) is 22.7 Å². The van der Waals surface area contributed by atoms with Gasteiger partial charge in [-0.3, -0.25) is 9.48 Å². The number of thioether (sulfide) groups is 1. The lowest BCUT2D eigenvalue weighted by molar-refractivity contribution is -0.143. The highest BCUT2D eigenvalue weighted by molar-refractivity contribution is 7.99. The van der Waals surface area contributed by atoms with Gasteiger partial charge in [0, 0.05) is 17.0 Å². The number of amides is 1. The summed E-state index contributed by atoms with van der Waals surface area (Å²) in [5.74, 6) is -0.160. The van der Waals surface area contributed by atoms with Crippen LogP contribution in [0.25, 0.3) is 0 Å². The number of rotatable bonds is 5. The maximum Gasteiger partial charge on any atom is 0.330 e. The van der Waals surface area contributed by atoms with E-state index in [4.69, 9.17) is 0 Å². The summed E-state index contributed by atoms with van der Waals surface area (Å²) >= 11 is 1.55. The average Bonchev–Trinajstić information content (AvgIpc) is 3.16. The smallest absolute Gasteiger partial charge is 0.330 e. The van der Waals surface area contributed by atoms with Gasteiger partial charge in [-0.05, 0) is 49.8 Å². The molecule has 2 aromatic rings. The largest absolute Gasteiger partial charge is 0.479 e. The average molecular weight is 359 g/mol. The van der Waals surface area contributed by atoms with Gasteiger partial charge in [0.15, 0.2) is 0 Å². The van der Waals surface area contributed by atoms with Gasteiger partial charge in [0.25, 0.3) is 5.91 Å². The number of nitrogens with one attached hydrogen (secondary N) is 1. The standard InChI is InChI=1S/C18H21N3O3S/c1-12-9-13(2)21(20-12)10-14-3-5-15(6-4-14)16(22)19-18(17(23)24)7-8-25-11-18/h3-6,9H,7-8,10-11H2,1-2H3,(H,19,22)(H,23,24). The van der Waals surface area contributed by atoms with Crippen molar-refractivity contribution in [3.8, 4) is 0 Å². The van der Waals surface area contributed by atoms with Crippen LogP contribution in [0, 0.1) is 13.8 Å². The number of hydrogen-bond donors (Lipinski definition) is 2. The molecule has 2 N–H and O–H groups in total. The number of carboxylic acids is 1. The molecule has 1 atom stereocenters. The first-order chi connectivity index (χ1) is 11.9. The minimum absolute atomic E-state index is 0.345. The Bertz CT molecular complexity index is 792. The van der Waals surface area contributed by atoms with Crippen molar-refractivity contribution in [2.45, 2.75) is 32.4 Å². The van der Waals surface area contributed by atoms with Crippen molar-refractivity contribution in [2.24, 2.45) is 0 Å². The zero-order valence-corrected chi connectivity index (χ0v) is 15.1. The molecule has 0 saturated carbocycles. The van der Waals surface area contributed by atoms with Crippen molar-refractivity contribution >= 4 is 23.6 Å². The summed E-state index contributed by atoms with van der Waals surface area (Å²) in [6.07, 6.45) is 0.453. The molecule has 0 spiro atoms. The quantitative estimate of drug-likeness (QED) is 0.855. The second kappa shape index (κ2) is 6.92. The predicted octanol–water partition coefficient (Wildman–Crippen LogP) is 2.24. The number of aliphatic carboxylic acids is 1. The number of hydrogen-bond acceptors (Lipinski definition) is 4. The molecule has 1 aromatic carbocycles. The maximum atomic E-state index is 12.4. The van der Waals surface area contributed by atoms with E-state index in [9.17, 15) is 14.7 Å². The molecule has 0 bridgehead atoms. The first-order valence-electron chi connectivity index (χ1n) is 8.13. The number of carbonyl (C=O) groups is 2. The van der Waals surface area contributed by atoms with Crippen molar-refractivity contribution < 1.29 is 14.7 Å². The fourth-order valence-corrected chi connectivity index (χ4v) is 4.27. The summed E-state index contributed by atoms with van der Waals surface area (Å²) in [5.41, 5.74) is 2.41. The van der Waals surface area contributed by atoms with E-state index in [1.165, 1.54) is 0 Å². The summed E-state index contributed by atoms with van der Waals surface area (Å²) in [7, 11) is 0. The fourth-order valence-electron chi connectivity index (χ4n) is 2.94. The van der Waals surface area contributed by atoms with Gasteiger partial charge in [0.1, 0.15) is 5.54 Å². The molecule has 2 heterocycles. The van der Waals surface area contributed by atoms with Crippen LogP contribution in [0.15, 0.2) is 30.3 Å². The van der Waals surface area contributed by atoms with E-state index >= 15 is 0 Å². The second-order valence-electron chi connectivity index (χ2n) is 6.43. The van der Waals surface area contributed by atoms with Crippen LogP contribution in [-0.4, -0.2) is 43.8 Å². The Hall–Kier alpha value is -2.28. The highest BCUT2D eigenvalue weighted by atomic mass is 32.2. The zero-order chi connectivity index (χ0) is 18.0. The van der Waals surface area contributed by atoms with Gasteiger partial charge in [-0.2, -0.15) is 16.9 Å².